The molecule has 0 radical (unpaired) electrons. The third-order valence-corrected chi connectivity index (χ3v) is 1.95. The highest BCUT2D eigenvalue weighted by molar-refractivity contribution is 5.90. The number of pyridine rings is 1. The molecule has 1 heterocycles. The monoisotopic (exact) mass is 239 g/mol. The molecule has 0 spiro atoms. The first-order valence-corrected chi connectivity index (χ1v) is 5.43. The lowest BCUT2D eigenvalue weighted by atomic mass is 10.3. The van der Waals surface area contributed by atoms with Gasteiger partial charge in [0.25, 0.3) is 0 Å². The number of amides is 2. The topological polar surface area (TPSA) is 83.5 Å². The maximum absolute atomic E-state index is 11.5. The Morgan fingerprint density at radius 1 is 1.65 bits per heavy atom. The number of aliphatic hydroxyl groups is 1. The number of hydrogen-bond acceptors (Lipinski definition) is 4. The van der Waals surface area contributed by atoms with E-state index in [9.17, 15) is 4.79 Å². The fourth-order valence-electron chi connectivity index (χ4n) is 1.17. The normalized spacial score (nSPS) is 11.7. The molecular weight excluding hydrogens is 222 g/mol. The molecule has 0 bridgehead atoms. The van der Waals surface area contributed by atoms with Crippen LogP contribution in [0.2, 0.25) is 0 Å². The van der Waals surface area contributed by atoms with Crippen molar-refractivity contribution in [2.75, 3.05) is 18.5 Å². The van der Waals surface area contributed by atoms with Gasteiger partial charge in [-0.1, -0.05) is 0 Å². The molecule has 17 heavy (non-hydrogen) atoms. The molecule has 0 fully saturated rings. The van der Waals surface area contributed by atoms with Crippen LogP contribution in [0.4, 0.5) is 10.5 Å². The van der Waals surface area contributed by atoms with Crippen molar-refractivity contribution in [3.63, 3.8) is 0 Å². The largest absolute Gasteiger partial charge is 0.476 e. The molecule has 0 aliphatic carbocycles. The van der Waals surface area contributed by atoms with Gasteiger partial charge in [0.2, 0.25) is 5.88 Å². The van der Waals surface area contributed by atoms with Gasteiger partial charge in [-0.15, -0.1) is 0 Å². The zero-order valence-corrected chi connectivity index (χ0v) is 9.93. The van der Waals surface area contributed by atoms with E-state index < -0.39 is 6.03 Å². The van der Waals surface area contributed by atoms with Crippen LogP contribution in [-0.2, 0) is 0 Å². The van der Waals surface area contributed by atoms with Crippen LogP contribution in [0.1, 0.15) is 13.8 Å². The molecule has 94 valence electrons. The molecule has 0 saturated carbocycles. The second kappa shape index (κ2) is 6.70. The quantitative estimate of drug-likeness (QED) is 0.715. The van der Waals surface area contributed by atoms with Crippen LogP contribution < -0.4 is 15.4 Å². The Morgan fingerprint density at radius 3 is 3.06 bits per heavy atom. The Balaban J connectivity index is 2.64. The average Bonchev–Trinajstić information content (AvgIpc) is 2.31. The molecule has 1 aromatic heterocycles. The van der Waals surface area contributed by atoms with E-state index in [1.807, 2.05) is 6.92 Å². The van der Waals surface area contributed by atoms with Gasteiger partial charge in [-0.25, -0.2) is 9.78 Å². The number of aliphatic hydroxyl groups excluding tert-OH is 1. The second-order valence-electron chi connectivity index (χ2n) is 3.47. The number of aromatic nitrogens is 1. The van der Waals surface area contributed by atoms with Crippen molar-refractivity contribution in [2.24, 2.45) is 0 Å². The summed E-state index contributed by atoms with van der Waals surface area (Å²) in [6.07, 6.45) is 1.59. The highest BCUT2D eigenvalue weighted by Crippen LogP contribution is 2.19. The van der Waals surface area contributed by atoms with Crippen LogP contribution in [0, 0.1) is 0 Å². The van der Waals surface area contributed by atoms with E-state index in [2.05, 4.69) is 15.6 Å². The van der Waals surface area contributed by atoms with Gasteiger partial charge in [-0.3, -0.25) is 0 Å². The van der Waals surface area contributed by atoms with E-state index in [1.165, 1.54) is 0 Å². The first-order chi connectivity index (χ1) is 8.17. The fraction of sp³-hybridized carbons (Fsp3) is 0.455. The molecule has 1 atom stereocenters. The maximum Gasteiger partial charge on any atom is 0.319 e. The summed E-state index contributed by atoms with van der Waals surface area (Å²) < 4.78 is 5.27. The lowest BCUT2D eigenvalue weighted by Gasteiger charge is -2.13. The van der Waals surface area contributed by atoms with Gasteiger partial charge in [0.1, 0.15) is 5.69 Å². The summed E-state index contributed by atoms with van der Waals surface area (Å²) in [6.45, 7) is 3.90. The smallest absolute Gasteiger partial charge is 0.319 e. The van der Waals surface area contributed by atoms with Crippen molar-refractivity contribution in [2.45, 2.75) is 19.9 Å². The van der Waals surface area contributed by atoms with Crippen molar-refractivity contribution in [1.82, 2.24) is 10.3 Å². The van der Waals surface area contributed by atoms with Crippen molar-refractivity contribution in [3.05, 3.63) is 18.3 Å². The molecule has 0 unspecified atom stereocenters. The fourth-order valence-corrected chi connectivity index (χ4v) is 1.17. The first kappa shape index (κ1) is 13.2. The molecule has 6 nitrogen and oxygen atoms in total. The van der Waals surface area contributed by atoms with Crippen LogP contribution in [0.15, 0.2) is 18.3 Å². The van der Waals surface area contributed by atoms with Gasteiger partial charge < -0.3 is 20.5 Å². The molecule has 0 aliphatic rings. The zero-order chi connectivity index (χ0) is 12.7. The number of urea groups is 1. The summed E-state index contributed by atoms with van der Waals surface area (Å²) >= 11 is 0. The Hall–Kier alpha value is -1.82. The summed E-state index contributed by atoms with van der Waals surface area (Å²) in [5.41, 5.74) is 0.497. The zero-order valence-electron chi connectivity index (χ0n) is 9.93. The lowest BCUT2D eigenvalue weighted by Crippen LogP contribution is -2.38. The number of carbonyl (C=O) groups is 1. The highest BCUT2D eigenvalue weighted by atomic mass is 16.5. The van der Waals surface area contributed by atoms with Gasteiger partial charge >= 0.3 is 6.03 Å². The van der Waals surface area contributed by atoms with Gasteiger partial charge in [0, 0.05) is 6.20 Å². The number of nitrogens with one attached hydrogen (secondary N) is 2. The summed E-state index contributed by atoms with van der Waals surface area (Å²) in [5, 5.41) is 14.0. The second-order valence-corrected chi connectivity index (χ2v) is 3.47. The molecule has 1 rings (SSSR count). The van der Waals surface area contributed by atoms with E-state index in [0.717, 1.165) is 0 Å². The average molecular weight is 239 g/mol. The van der Waals surface area contributed by atoms with Crippen LogP contribution >= 0.6 is 0 Å². The minimum atomic E-state index is -0.402. The molecule has 1 aromatic rings. The Labute approximate surface area is 100 Å². The number of ether oxygens (including phenoxy) is 1. The van der Waals surface area contributed by atoms with E-state index >= 15 is 0 Å². The molecule has 3 N–H and O–H groups in total. The molecule has 6 heteroatoms. The summed E-state index contributed by atoms with van der Waals surface area (Å²) in [4.78, 5) is 15.5. The van der Waals surface area contributed by atoms with Crippen LogP contribution in [0.5, 0.6) is 5.88 Å². The number of carbonyl (C=O) groups excluding carboxylic acids is 1. The Morgan fingerprint density at radius 2 is 2.41 bits per heavy atom. The van der Waals surface area contributed by atoms with Gasteiger partial charge in [0.05, 0.1) is 19.3 Å². The van der Waals surface area contributed by atoms with E-state index in [1.54, 1.807) is 25.3 Å². The predicted molar refractivity (Wildman–Crippen MR) is 64.1 cm³/mol. The van der Waals surface area contributed by atoms with Crippen LogP contribution in [0.3, 0.4) is 0 Å². The minimum absolute atomic E-state index is 0.112. The number of rotatable bonds is 5. The summed E-state index contributed by atoms with van der Waals surface area (Å²) in [5.74, 6) is 0.377. The molecule has 0 aliphatic heterocycles. The van der Waals surface area contributed by atoms with E-state index in [-0.39, 0.29) is 12.6 Å². The summed E-state index contributed by atoms with van der Waals surface area (Å²) in [6, 6.07) is 2.69. The van der Waals surface area contributed by atoms with Crippen LogP contribution in [-0.4, -0.2) is 35.4 Å². The molecule has 0 saturated heterocycles. The number of hydrogen-bond donors (Lipinski definition) is 3. The van der Waals surface area contributed by atoms with E-state index in [4.69, 9.17) is 9.84 Å². The van der Waals surface area contributed by atoms with Crippen molar-refractivity contribution in [1.29, 1.82) is 0 Å². The SMILES string of the molecule is CCOc1ncccc1NC(=O)N[C@@H](C)CO. The number of nitrogens with zero attached hydrogens (tertiary/aromatic N) is 1. The Bertz CT molecular complexity index is 371. The minimum Gasteiger partial charge on any atom is -0.476 e. The third kappa shape index (κ3) is 4.28. The van der Waals surface area contributed by atoms with Gasteiger partial charge in [-0.05, 0) is 26.0 Å². The lowest BCUT2D eigenvalue weighted by molar-refractivity contribution is 0.229. The van der Waals surface area contributed by atoms with Crippen molar-refractivity contribution < 1.29 is 14.6 Å². The first-order valence-electron chi connectivity index (χ1n) is 5.43. The van der Waals surface area contributed by atoms with E-state index in [0.29, 0.717) is 18.2 Å². The molecule has 2 amide bonds. The van der Waals surface area contributed by atoms with Crippen molar-refractivity contribution >= 4 is 11.7 Å². The van der Waals surface area contributed by atoms with Crippen LogP contribution in [0.25, 0.3) is 0 Å². The third-order valence-electron chi connectivity index (χ3n) is 1.95. The predicted octanol–water partition coefficient (Wildman–Crippen LogP) is 0.983. The van der Waals surface area contributed by atoms with Gasteiger partial charge in [0.15, 0.2) is 0 Å². The molecule has 0 aromatic carbocycles. The number of anilines is 1. The Kier molecular flexibility index (Phi) is 5.22. The molecular formula is C11H17N3O3. The van der Waals surface area contributed by atoms with Gasteiger partial charge in [-0.2, -0.15) is 0 Å². The summed E-state index contributed by atoms with van der Waals surface area (Å²) in [7, 11) is 0. The standard InChI is InChI=1S/C11H17N3O3/c1-3-17-10-9(5-4-6-12-10)14-11(16)13-8(2)7-15/h4-6,8,15H,3,7H2,1-2H3,(H2,13,14,16)/t8-/m0/s1. The van der Waals surface area contributed by atoms with Crippen molar-refractivity contribution in [3.8, 4) is 5.88 Å². The highest BCUT2D eigenvalue weighted by Gasteiger charge is 2.09. The maximum atomic E-state index is 11.5.